The number of carbonyl (C=O) groups is 2. The molecule has 0 heterocycles. The molecule has 0 radical (unpaired) electrons. The Labute approximate surface area is 144 Å². The number of halogens is 1. The molecule has 3 aromatic carbocycles. The van der Waals surface area contributed by atoms with Gasteiger partial charge >= 0.3 is 0 Å². The van der Waals surface area contributed by atoms with E-state index in [2.05, 4.69) is 5.32 Å². The van der Waals surface area contributed by atoms with Gasteiger partial charge in [-0.2, -0.15) is 0 Å². The van der Waals surface area contributed by atoms with E-state index in [0.717, 1.165) is 10.8 Å². The summed E-state index contributed by atoms with van der Waals surface area (Å²) in [6, 6.07) is 17.9. The molecule has 1 atom stereocenters. The largest absolute Gasteiger partial charge is 0.368 e. The van der Waals surface area contributed by atoms with Crippen LogP contribution in [0, 0.1) is 5.82 Å². The maximum atomic E-state index is 13.0. The average molecular weight is 336 g/mol. The molecule has 0 aliphatic heterocycles. The molecular weight excluding hydrogens is 319 g/mol. The van der Waals surface area contributed by atoms with Gasteiger partial charge < -0.3 is 11.1 Å². The number of benzene rings is 3. The number of primary amides is 1. The average Bonchev–Trinajstić information content (AvgIpc) is 2.62. The van der Waals surface area contributed by atoms with Crippen molar-refractivity contribution in [3.63, 3.8) is 0 Å². The fraction of sp³-hybridized carbons (Fsp3) is 0.100. The van der Waals surface area contributed by atoms with Gasteiger partial charge in [0.05, 0.1) is 0 Å². The summed E-state index contributed by atoms with van der Waals surface area (Å²) >= 11 is 0. The highest BCUT2D eigenvalue weighted by Gasteiger charge is 2.19. The van der Waals surface area contributed by atoms with Gasteiger partial charge in [-0.05, 0) is 40.6 Å². The summed E-state index contributed by atoms with van der Waals surface area (Å²) in [5.74, 6) is -1.38. The van der Waals surface area contributed by atoms with Crippen molar-refractivity contribution < 1.29 is 14.0 Å². The molecule has 0 aromatic heterocycles. The smallest absolute Gasteiger partial charge is 0.251 e. The molecule has 0 fully saturated rings. The molecular formula is C20H17FN2O2. The summed E-state index contributed by atoms with van der Waals surface area (Å²) in [6.07, 6.45) is 0.203. The van der Waals surface area contributed by atoms with Crippen molar-refractivity contribution in [1.82, 2.24) is 5.32 Å². The van der Waals surface area contributed by atoms with Gasteiger partial charge in [0.1, 0.15) is 11.9 Å². The van der Waals surface area contributed by atoms with Crippen LogP contribution in [0.1, 0.15) is 15.9 Å². The maximum Gasteiger partial charge on any atom is 0.251 e. The summed E-state index contributed by atoms with van der Waals surface area (Å²) in [4.78, 5) is 24.2. The molecule has 25 heavy (non-hydrogen) atoms. The Hall–Kier alpha value is -3.21. The van der Waals surface area contributed by atoms with E-state index in [1.54, 1.807) is 24.3 Å². The summed E-state index contributed by atoms with van der Waals surface area (Å²) in [7, 11) is 0. The van der Waals surface area contributed by atoms with E-state index in [1.807, 2.05) is 30.3 Å². The molecule has 3 rings (SSSR count). The van der Waals surface area contributed by atoms with Gasteiger partial charge in [0.2, 0.25) is 5.91 Å². The number of carbonyl (C=O) groups excluding carboxylic acids is 2. The molecule has 3 N–H and O–H groups in total. The first-order valence-corrected chi connectivity index (χ1v) is 7.86. The highest BCUT2D eigenvalue weighted by atomic mass is 19.1. The Kier molecular flexibility index (Phi) is 4.75. The maximum absolute atomic E-state index is 13.0. The van der Waals surface area contributed by atoms with E-state index in [4.69, 9.17) is 5.73 Å². The summed E-state index contributed by atoms with van der Waals surface area (Å²) in [6.45, 7) is 0. The van der Waals surface area contributed by atoms with Crippen LogP contribution in [0.15, 0.2) is 66.7 Å². The Morgan fingerprint density at radius 3 is 2.32 bits per heavy atom. The van der Waals surface area contributed by atoms with E-state index < -0.39 is 11.9 Å². The standard InChI is InChI=1S/C20H17FN2O2/c21-17-9-5-13(6-10-17)11-18(19(22)24)23-20(25)16-8-7-14-3-1-2-4-15(14)12-16/h1-10,12,18H,11H2,(H2,22,24)(H,23,25)/t18-/m0/s1. The number of nitrogens with two attached hydrogens (primary N) is 1. The van der Waals surface area contributed by atoms with E-state index >= 15 is 0 Å². The van der Waals surface area contributed by atoms with Gasteiger partial charge in [-0.25, -0.2) is 4.39 Å². The van der Waals surface area contributed by atoms with Crippen LogP contribution < -0.4 is 11.1 Å². The minimum Gasteiger partial charge on any atom is -0.368 e. The third-order valence-corrected chi connectivity index (χ3v) is 4.01. The molecule has 0 aliphatic carbocycles. The van der Waals surface area contributed by atoms with Crippen molar-refractivity contribution in [3.05, 3.63) is 83.7 Å². The Bertz CT molecular complexity index is 922. The van der Waals surface area contributed by atoms with E-state index in [9.17, 15) is 14.0 Å². The summed E-state index contributed by atoms with van der Waals surface area (Å²) in [5, 5.41) is 4.61. The highest BCUT2D eigenvalue weighted by molar-refractivity contribution is 6.00. The molecule has 0 aliphatic rings. The molecule has 0 saturated heterocycles. The number of nitrogens with one attached hydrogen (secondary N) is 1. The van der Waals surface area contributed by atoms with Crippen molar-refractivity contribution in [2.75, 3.05) is 0 Å². The first-order valence-electron chi connectivity index (χ1n) is 7.86. The van der Waals surface area contributed by atoms with Crippen LogP contribution in [0.5, 0.6) is 0 Å². The quantitative estimate of drug-likeness (QED) is 0.752. The minimum atomic E-state index is -0.871. The molecule has 3 aromatic rings. The van der Waals surface area contributed by atoms with Gasteiger partial charge in [0.15, 0.2) is 0 Å². The topological polar surface area (TPSA) is 72.2 Å². The molecule has 0 bridgehead atoms. The number of hydrogen-bond acceptors (Lipinski definition) is 2. The third-order valence-electron chi connectivity index (χ3n) is 4.01. The highest BCUT2D eigenvalue weighted by Crippen LogP contribution is 2.16. The first kappa shape index (κ1) is 16.6. The van der Waals surface area contributed by atoms with Gasteiger partial charge in [-0.1, -0.05) is 42.5 Å². The number of fused-ring (bicyclic) bond motifs is 1. The third kappa shape index (κ3) is 4.01. The lowest BCUT2D eigenvalue weighted by molar-refractivity contribution is -0.119. The zero-order valence-corrected chi connectivity index (χ0v) is 13.4. The first-order chi connectivity index (χ1) is 12.0. The molecule has 0 spiro atoms. The summed E-state index contributed by atoms with van der Waals surface area (Å²) in [5.41, 5.74) is 6.56. The molecule has 2 amide bonds. The fourth-order valence-corrected chi connectivity index (χ4v) is 2.65. The van der Waals surface area contributed by atoms with E-state index in [1.165, 1.54) is 12.1 Å². The van der Waals surface area contributed by atoms with Gasteiger partial charge in [0.25, 0.3) is 5.91 Å². The van der Waals surface area contributed by atoms with Crippen LogP contribution in [0.2, 0.25) is 0 Å². The lowest BCUT2D eigenvalue weighted by atomic mass is 10.0. The number of amides is 2. The van der Waals surface area contributed by atoms with Crippen molar-refractivity contribution in [2.24, 2.45) is 5.73 Å². The summed E-state index contributed by atoms with van der Waals surface area (Å²) < 4.78 is 13.0. The second-order valence-electron chi connectivity index (χ2n) is 5.82. The lowest BCUT2D eigenvalue weighted by Gasteiger charge is -2.16. The fourth-order valence-electron chi connectivity index (χ4n) is 2.65. The molecule has 0 unspecified atom stereocenters. The van der Waals surface area contributed by atoms with Gasteiger partial charge in [-0.15, -0.1) is 0 Å². The van der Waals surface area contributed by atoms with Crippen molar-refractivity contribution in [1.29, 1.82) is 0 Å². The molecule has 4 nitrogen and oxygen atoms in total. The van der Waals surface area contributed by atoms with E-state index in [-0.39, 0.29) is 18.1 Å². The zero-order valence-electron chi connectivity index (χ0n) is 13.4. The van der Waals surface area contributed by atoms with Crippen LogP contribution in [0.3, 0.4) is 0 Å². The Balaban J connectivity index is 1.77. The SMILES string of the molecule is NC(=O)[C@H](Cc1ccc(F)cc1)NC(=O)c1ccc2ccccc2c1. The van der Waals surface area contributed by atoms with E-state index in [0.29, 0.717) is 11.1 Å². The predicted molar refractivity (Wildman–Crippen MR) is 94.5 cm³/mol. The molecule has 0 saturated carbocycles. The van der Waals surface area contributed by atoms with Crippen molar-refractivity contribution >= 4 is 22.6 Å². The van der Waals surface area contributed by atoms with Crippen LogP contribution in [-0.4, -0.2) is 17.9 Å². The minimum absolute atomic E-state index is 0.203. The van der Waals surface area contributed by atoms with Crippen molar-refractivity contribution in [2.45, 2.75) is 12.5 Å². The van der Waals surface area contributed by atoms with Crippen LogP contribution in [-0.2, 0) is 11.2 Å². The second-order valence-corrected chi connectivity index (χ2v) is 5.82. The van der Waals surface area contributed by atoms with Crippen molar-refractivity contribution in [3.8, 4) is 0 Å². The van der Waals surface area contributed by atoms with Crippen LogP contribution in [0.25, 0.3) is 10.8 Å². The van der Waals surface area contributed by atoms with Crippen LogP contribution in [0.4, 0.5) is 4.39 Å². The Morgan fingerprint density at radius 1 is 0.960 bits per heavy atom. The number of rotatable bonds is 5. The molecule has 126 valence electrons. The second kappa shape index (κ2) is 7.13. The normalized spacial score (nSPS) is 11.9. The van der Waals surface area contributed by atoms with Crippen LogP contribution >= 0.6 is 0 Å². The Morgan fingerprint density at radius 2 is 1.64 bits per heavy atom. The molecule has 5 heteroatoms. The van der Waals surface area contributed by atoms with Gasteiger partial charge in [-0.3, -0.25) is 9.59 Å². The zero-order chi connectivity index (χ0) is 17.8. The number of hydrogen-bond donors (Lipinski definition) is 2. The predicted octanol–water partition coefficient (Wildman–Crippen LogP) is 2.81. The lowest BCUT2D eigenvalue weighted by Crippen LogP contribution is -2.45. The monoisotopic (exact) mass is 336 g/mol. The van der Waals surface area contributed by atoms with Gasteiger partial charge in [0, 0.05) is 12.0 Å².